The van der Waals surface area contributed by atoms with Gasteiger partial charge in [0.1, 0.15) is 12.7 Å². The molecular formula is C60H111O11P. The van der Waals surface area contributed by atoms with Crippen LogP contribution < -0.4 is 0 Å². The lowest BCUT2D eigenvalue weighted by Crippen LogP contribution is -2.30. The van der Waals surface area contributed by atoms with E-state index in [1.165, 1.54) is 128 Å². The summed E-state index contributed by atoms with van der Waals surface area (Å²) in [4.78, 5) is 48.5. The van der Waals surface area contributed by atoms with Gasteiger partial charge in [-0.2, -0.15) is 0 Å². The maximum atomic E-state index is 12.9. The number of carbonyl (C=O) groups is 3. The predicted octanol–water partition coefficient (Wildman–Crippen LogP) is 17.6. The van der Waals surface area contributed by atoms with Gasteiger partial charge < -0.3 is 24.2 Å². The summed E-state index contributed by atoms with van der Waals surface area (Å²) in [5, 5.41) is 9.81. The number of phosphoric acid groups is 1. The second-order valence-electron chi connectivity index (χ2n) is 20.2. The summed E-state index contributed by atoms with van der Waals surface area (Å²) in [5.74, 6) is -1.47. The fourth-order valence-electron chi connectivity index (χ4n) is 8.40. The first-order valence-corrected chi connectivity index (χ1v) is 31.4. The normalized spacial score (nSPS) is 13.6. The van der Waals surface area contributed by atoms with Crippen molar-refractivity contribution in [1.82, 2.24) is 0 Å². The molecule has 11 nitrogen and oxygen atoms in total. The molecule has 0 amide bonds. The van der Waals surface area contributed by atoms with Gasteiger partial charge >= 0.3 is 25.7 Å². The number of hydrogen-bond donors (Lipinski definition) is 2. The Kier molecular flexibility index (Phi) is 53.2. The zero-order chi connectivity index (χ0) is 52.7. The van der Waals surface area contributed by atoms with Crippen LogP contribution in [0.4, 0.5) is 0 Å². The number of ether oxygens (including phenoxy) is 3. The number of unbranched alkanes of at least 4 members (excludes halogenated alkanes) is 33. The number of aliphatic hydroxyl groups excluding tert-OH is 1. The molecule has 0 aliphatic heterocycles. The highest BCUT2D eigenvalue weighted by Gasteiger charge is 2.28. The molecule has 0 fully saturated rings. The Morgan fingerprint density at radius 3 is 0.972 bits per heavy atom. The van der Waals surface area contributed by atoms with E-state index < -0.39 is 57.8 Å². The monoisotopic (exact) mass is 1040 g/mol. The van der Waals surface area contributed by atoms with Crippen molar-refractivity contribution >= 4 is 25.7 Å². The quantitative estimate of drug-likeness (QED) is 0.0197. The summed E-state index contributed by atoms with van der Waals surface area (Å²) in [5.41, 5.74) is 0. The lowest BCUT2D eigenvalue weighted by atomic mass is 10.1. The number of phosphoric ester groups is 1. The molecule has 3 unspecified atom stereocenters. The van der Waals surface area contributed by atoms with Crippen LogP contribution in [0.25, 0.3) is 0 Å². The van der Waals surface area contributed by atoms with Crippen LogP contribution in [0, 0.1) is 0 Å². The molecule has 0 saturated heterocycles. The van der Waals surface area contributed by atoms with Gasteiger partial charge in [-0.25, -0.2) is 4.57 Å². The minimum Gasteiger partial charge on any atom is -0.462 e. The van der Waals surface area contributed by atoms with Gasteiger partial charge in [-0.3, -0.25) is 23.4 Å². The Hall–Kier alpha value is -2.30. The van der Waals surface area contributed by atoms with Crippen LogP contribution in [-0.4, -0.2) is 66.5 Å². The van der Waals surface area contributed by atoms with Crippen LogP contribution in [0.15, 0.2) is 36.5 Å². The minimum atomic E-state index is -4.75. The Balaban J connectivity index is 4.71. The highest BCUT2D eigenvalue weighted by atomic mass is 31.2. The van der Waals surface area contributed by atoms with Crippen LogP contribution in [0.2, 0.25) is 0 Å². The maximum absolute atomic E-state index is 12.9. The summed E-state index contributed by atoms with van der Waals surface area (Å²) in [6, 6.07) is 0. The SMILES string of the molecule is CCCCCC/C=C\CCCCCCCC(=O)OC(CO)COP(=O)(O)OCC(COC(=O)CCCCCCCCC/C=C\CCCCCCCC)OC(=O)CCCCCCC/C=C\CCCCCCCC. The van der Waals surface area contributed by atoms with Crippen molar-refractivity contribution in [3.05, 3.63) is 36.5 Å². The van der Waals surface area contributed by atoms with Crippen molar-refractivity contribution in [2.75, 3.05) is 26.4 Å². The van der Waals surface area contributed by atoms with Crippen LogP contribution in [0.1, 0.15) is 290 Å². The Labute approximate surface area is 441 Å². The van der Waals surface area contributed by atoms with E-state index in [1.807, 2.05) is 0 Å². The topological polar surface area (TPSA) is 155 Å². The Bertz CT molecular complexity index is 1350. The Morgan fingerprint density at radius 1 is 0.375 bits per heavy atom. The molecule has 0 aliphatic carbocycles. The second-order valence-corrected chi connectivity index (χ2v) is 21.6. The molecule has 0 aliphatic rings. The molecule has 0 saturated carbocycles. The molecule has 3 atom stereocenters. The van der Waals surface area contributed by atoms with Crippen molar-refractivity contribution < 1.29 is 52.2 Å². The molecule has 0 aromatic carbocycles. The smallest absolute Gasteiger partial charge is 0.462 e. The molecule has 0 heterocycles. The van der Waals surface area contributed by atoms with Gasteiger partial charge in [0.05, 0.1) is 19.8 Å². The van der Waals surface area contributed by atoms with Crippen molar-refractivity contribution in [1.29, 1.82) is 0 Å². The summed E-state index contributed by atoms with van der Waals surface area (Å²) in [6.07, 6.45) is 56.7. The molecule has 0 aromatic rings. The van der Waals surface area contributed by atoms with E-state index in [4.69, 9.17) is 23.3 Å². The van der Waals surface area contributed by atoms with Gasteiger partial charge in [0.15, 0.2) is 6.10 Å². The summed E-state index contributed by atoms with van der Waals surface area (Å²) in [6.45, 7) is 4.63. The lowest BCUT2D eigenvalue weighted by Gasteiger charge is -2.21. The van der Waals surface area contributed by atoms with Crippen LogP contribution >= 0.6 is 7.82 Å². The van der Waals surface area contributed by atoms with E-state index in [0.717, 1.165) is 103 Å². The van der Waals surface area contributed by atoms with Gasteiger partial charge in [-0.1, -0.05) is 211 Å². The number of esters is 3. The van der Waals surface area contributed by atoms with Gasteiger partial charge in [0, 0.05) is 19.3 Å². The highest BCUT2D eigenvalue weighted by molar-refractivity contribution is 7.47. The molecule has 2 N–H and O–H groups in total. The van der Waals surface area contributed by atoms with Crippen LogP contribution in [0.3, 0.4) is 0 Å². The molecule has 0 bridgehead atoms. The van der Waals surface area contributed by atoms with Crippen LogP contribution in [-0.2, 0) is 42.2 Å². The fraction of sp³-hybridized carbons (Fsp3) is 0.850. The van der Waals surface area contributed by atoms with Crippen molar-refractivity contribution in [2.24, 2.45) is 0 Å². The number of carbonyl (C=O) groups excluding carboxylic acids is 3. The van der Waals surface area contributed by atoms with Crippen molar-refractivity contribution in [3.63, 3.8) is 0 Å². The van der Waals surface area contributed by atoms with Gasteiger partial charge in [-0.05, 0) is 96.3 Å². The molecule has 0 rings (SSSR count). The van der Waals surface area contributed by atoms with Crippen molar-refractivity contribution in [3.8, 4) is 0 Å². The highest BCUT2D eigenvalue weighted by Crippen LogP contribution is 2.43. The first-order valence-electron chi connectivity index (χ1n) is 29.9. The average Bonchev–Trinajstić information content (AvgIpc) is 3.37. The molecule has 0 spiro atoms. The predicted molar refractivity (Wildman–Crippen MR) is 298 cm³/mol. The van der Waals surface area contributed by atoms with E-state index in [1.54, 1.807) is 0 Å². The third-order valence-corrected chi connectivity index (χ3v) is 14.0. The molecule has 422 valence electrons. The van der Waals surface area contributed by atoms with Crippen molar-refractivity contribution in [2.45, 2.75) is 303 Å². The third kappa shape index (κ3) is 52.6. The fourth-order valence-corrected chi connectivity index (χ4v) is 9.18. The standard InChI is InChI=1S/C60H111O11P/c1-4-7-10-13-16-19-22-25-27-28-30-32-34-37-40-43-46-49-58(62)67-53-57(71-60(64)51-48-45-42-39-36-33-29-26-23-20-17-14-11-8-5-2)55-69-72(65,66)68-54-56(52-61)70-59(63)50-47-44-41-38-35-31-24-21-18-15-12-9-6-3/h21,24-27,29,56-57,61H,4-20,22-23,28,30-55H2,1-3H3,(H,65,66)/b24-21-,27-25-,29-26-. The zero-order valence-corrected chi connectivity index (χ0v) is 47.6. The lowest BCUT2D eigenvalue weighted by molar-refractivity contribution is -0.161. The molecule has 0 radical (unpaired) electrons. The average molecular weight is 1040 g/mol. The van der Waals surface area contributed by atoms with Crippen LogP contribution in [0.5, 0.6) is 0 Å². The number of aliphatic hydroxyl groups is 1. The molecule has 12 heteroatoms. The van der Waals surface area contributed by atoms with Gasteiger partial charge in [-0.15, -0.1) is 0 Å². The third-order valence-electron chi connectivity index (χ3n) is 13.0. The largest absolute Gasteiger partial charge is 0.472 e. The van der Waals surface area contributed by atoms with E-state index in [0.29, 0.717) is 19.3 Å². The first kappa shape index (κ1) is 69.7. The summed E-state index contributed by atoms with van der Waals surface area (Å²) >= 11 is 0. The van der Waals surface area contributed by atoms with E-state index in [9.17, 15) is 28.9 Å². The van der Waals surface area contributed by atoms with E-state index >= 15 is 0 Å². The van der Waals surface area contributed by atoms with Gasteiger partial charge in [0.25, 0.3) is 0 Å². The maximum Gasteiger partial charge on any atom is 0.472 e. The molecule has 0 aromatic heterocycles. The zero-order valence-electron chi connectivity index (χ0n) is 46.7. The second kappa shape index (κ2) is 54.9. The summed E-state index contributed by atoms with van der Waals surface area (Å²) < 4.78 is 39.5. The van der Waals surface area contributed by atoms with Gasteiger partial charge in [0.2, 0.25) is 0 Å². The van der Waals surface area contributed by atoms with E-state index in [-0.39, 0.29) is 25.9 Å². The molecule has 72 heavy (non-hydrogen) atoms. The molecular weight excluding hydrogens is 928 g/mol. The first-order chi connectivity index (χ1) is 35.2. The number of rotatable bonds is 56. The number of hydrogen-bond acceptors (Lipinski definition) is 10. The van der Waals surface area contributed by atoms with E-state index in [2.05, 4.69) is 57.2 Å². The Morgan fingerprint density at radius 2 is 0.639 bits per heavy atom. The summed E-state index contributed by atoms with van der Waals surface area (Å²) in [7, 11) is -4.75. The minimum absolute atomic E-state index is 0.159. The number of allylic oxidation sites excluding steroid dienone is 6.